The molecule has 1 aromatic carbocycles. The highest BCUT2D eigenvalue weighted by Crippen LogP contribution is 2.27. The number of nitrogens with zero attached hydrogens (tertiary/aromatic N) is 1. The molecule has 1 fully saturated rings. The summed E-state index contributed by atoms with van der Waals surface area (Å²) in [4.78, 5) is 2.09. The Morgan fingerprint density at radius 2 is 2.07 bits per heavy atom. The second-order valence-corrected chi connectivity index (χ2v) is 10.5. The second kappa shape index (κ2) is 8.90. The van der Waals surface area contributed by atoms with Crippen LogP contribution in [0.25, 0.3) is 0 Å². The van der Waals surface area contributed by atoms with E-state index in [1.807, 2.05) is 13.0 Å². The van der Waals surface area contributed by atoms with Crippen LogP contribution in [0.2, 0.25) is 0 Å². The third-order valence-corrected chi connectivity index (χ3v) is 5.59. The van der Waals surface area contributed by atoms with Crippen molar-refractivity contribution in [3.05, 3.63) is 29.3 Å². The lowest BCUT2D eigenvalue weighted by Crippen LogP contribution is -2.49. The Kier molecular flexibility index (Phi) is 7.30. The number of likely N-dealkylation sites (tertiary alicyclic amines) is 1. The number of piperidine rings is 1. The molecule has 0 saturated carbocycles. The largest absolute Gasteiger partial charge is 0.491 e. The minimum absolute atomic E-state index is 0.0888. The molecule has 1 saturated heterocycles. The minimum atomic E-state index is -3.20. The molecule has 0 spiro atoms. The number of sulfonamides is 1. The summed E-state index contributed by atoms with van der Waals surface area (Å²) < 4.78 is 31.3. The lowest BCUT2D eigenvalue weighted by Gasteiger charge is -2.33. The Bertz CT molecular complexity index is 728. The molecule has 1 heterocycles. The molecule has 1 aromatic rings. The van der Waals surface area contributed by atoms with Crippen molar-refractivity contribution in [3.63, 3.8) is 0 Å². The van der Waals surface area contributed by atoms with Gasteiger partial charge in [0.15, 0.2) is 0 Å². The summed E-state index contributed by atoms with van der Waals surface area (Å²) in [6.45, 7) is 10.7. The molecule has 2 unspecified atom stereocenters. The lowest BCUT2D eigenvalue weighted by atomic mass is 9.86. The van der Waals surface area contributed by atoms with Crippen molar-refractivity contribution in [3.8, 4) is 5.75 Å². The first-order valence-electron chi connectivity index (χ1n) is 9.56. The van der Waals surface area contributed by atoms with Gasteiger partial charge in [-0.25, -0.2) is 13.1 Å². The third-order valence-electron chi connectivity index (χ3n) is 4.83. The SMILES string of the molecule is Cc1cc(C(C)(C)C)ccc1OCC(O)CN1CCCC(NS(C)(=O)=O)C1. The van der Waals surface area contributed by atoms with Gasteiger partial charge >= 0.3 is 0 Å². The van der Waals surface area contributed by atoms with Crippen molar-refractivity contribution < 1.29 is 18.3 Å². The van der Waals surface area contributed by atoms with E-state index in [4.69, 9.17) is 4.74 Å². The Morgan fingerprint density at radius 3 is 2.67 bits per heavy atom. The minimum Gasteiger partial charge on any atom is -0.491 e. The van der Waals surface area contributed by atoms with Gasteiger partial charge in [-0.15, -0.1) is 0 Å². The summed E-state index contributed by atoms with van der Waals surface area (Å²) in [6.07, 6.45) is 2.30. The number of β-amino-alcohol motifs (C(OH)–C–C–N with tert-alkyl or cyclic N) is 1. The molecule has 1 aliphatic rings. The van der Waals surface area contributed by atoms with E-state index in [2.05, 4.69) is 42.5 Å². The Hall–Kier alpha value is -1.15. The summed E-state index contributed by atoms with van der Waals surface area (Å²) in [7, 11) is -3.20. The van der Waals surface area contributed by atoms with E-state index in [-0.39, 0.29) is 18.1 Å². The monoisotopic (exact) mass is 398 g/mol. The first-order valence-corrected chi connectivity index (χ1v) is 11.4. The molecular weight excluding hydrogens is 364 g/mol. The van der Waals surface area contributed by atoms with Gasteiger partial charge in [0, 0.05) is 19.1 Å². The first-order chi connectivity index (χ1) is 12.4. The molecule has 6 nitrogen and oxygen atoms in total. The number of aliphatic hydroxyl groups is 1. The van der Waals surface area contributed by atoms with Gasteiger partial charge in [-0.3, -0.25) is 4.90 Å². The van der Waals surface area contributed by atoms with E-state index in [9.17, 15) is 13.5 Å². The number of ether oxygens (including phenoxy) is 1. The van der Waals surface area contributed by atoms with E-state index < -0.39 is 16.1 Å². The highest BCUT2D eigenvalue weighted by Gasteiger charge is 2.24. The predicted molar refractivity (Wildman–Crippen MR) is 109 cm³/mol. The average molecular weight is 399 g/mol. The molecule has 2 atom stereocenters. The van der Waals surface area contributed by atoms with Crippen molar-refractivity contribution in [2.24, 2.45) is 0 Å². The van der Waals surface area contributed by atoms with Gasteiger partial charge in [0.25, 0.3) is 0 Å². The Morgan fingerprint density at radius 1 is 1.37 bits per heavy atom. The zero-order chi connectivity index (χ0) is 20.2. The van der Waals surface area contributed by atoms with E-state index in [1.54, 1.807) is 0 Å². The van der Waals surface area contributed by atoms with Crippen molar-refractivity contribution in [1.29, 1.82) is 0 Å². The maximum atomic E-state index is 11.4. The fourth-order valence-corrected chi connectivity index (χ4v) is 4.23. The van der Waals surface area contributed by atoms with Crippen molar-refractivity contribution in [2.45, 2.75) is 58.1 Å². The highest BCUT2D eigenvalue weighted by atomic mass is 32.2. The molecule has 2 N–H and O–H groups in total. The number of nitrogens with one attached hydrogen (secondary N) is 1. The summed E-state index contributed by atoms with van der Waals surface area (Å²) in [5.74, 6) is 0.789. The third kappa shape index (κ3) is 7.41. The fourth-order valence-electron chi connectivity index (χ4n) is 3.43. The van der Waals surface area contributed by atoms with Gasteiger partial charge in [0.1, 0.15) is 18.5 Å². The van der Waals surface area contributed by atoms with Gasteiger partial charge in [-0.05, 0) is 48.9 Å². The standard InChI is InChI=1S/C20H34N2O4S/c1-15-11-16(20(2,3)4)8-9-19(15)26-14-18(23)13-22-10-6-7-17(12-22)21-27(5,24)25/h8-9,11,17-18,21,23H,6-7,10,12-14H2,1-5H3. The molecule has 0 aliphatic carbocycles. The molecule has 154 valence electrons. The van der Waals surface area contributed by atoms with Crippen molar-refractivity contribution in [1.82, 2.24) is 9.62 Å². The van der Waals surface area contributed by atoms with Gasteiger partial charge < -0.3 is 9.84 Å². The summed E-state index contributed by atoms with van der Waals surface area (Å²) >= 11 is 0. The van der Waals surface area contributed by atoms with Crippen LogP contribution in [0, 0.1) is 6.92 Å². The normalized spacial score (nSPS) is 20.4. The lowest BCUT2D eigenvalue weighted by molar-refractivity contribution is 0.0575. The number of rotatable bonds is 7. The average Bonchev–Trinajstić information content (AvgIpc) is 2.51. The van der Waals surface area contributed by atoms with E-state index in [1.165, 1.54) is 11.8 Å². The molecule has 27 heavy (non-hydrogen) atoms. The predicted octanol–water partition coefficient (Wildman–Crippen LogP) is 2.05. The number of hydrogen-bond acceptors (Lipinski definition) is 5. The zero-order valence-electron chi connectivity index (χ0n) is 17.2. The molecule has 1 aliphatic heterocycles. The van der Waals surface area contributed by atoms with Crippen molar-refractivity contribution >= 4 is 10.0 Å². The van der Waals surface area contributed by atoms with Crippen molar-refractivity contribution in [2.75, 3.05) is 32.5 Å². The van der Waals surface area contributed by atoms with Gasteiger partial charge in [-0.1, -0.05) is 32.9 Å². The van der Waals surface area contributed by atoms with Crippen LogP contribution in [0.5, 0.6) is 5.75 Å². The quantitative estimate of drug-likeness (QED) is 0.735. The van der Waals surface area contributed by atoms with Crippen LogP contribution in [0.1, 0.15) is 44.7 Å². The molecule has 0 aromatic heterocycles. The van der Waals surface area contributed by atoms with Crippen LogP contribution in [-0.4, -0.2) is 63.1 Å². The molecule has 7 heteroatoms. The van der Waals surface area contributed by atoms with E-state index >= 15 is 0 Å². The maximum Gasteiger partial charge on any atom is 0.208 e. The number of aryl methyl sites for hydroxylation is 1. The smallest absolute Gasteiger partial charge is 0.208 e. The Labute approximate surface area is 164 Å². The van der Waals surface area contributed by atoms with Gasteiger partial charge in [0.05, 0.1) is 6.26 Å². The number of aliphatic hydroxyl groups excluding tert-OH is 1. The maximum absolute atomic E-state index is 11.4. The van der Waals surface area contributed by atoms with Crippen LogP contribution in [0.3, 0.4) is 0 Å². The van der Waals surface area contributed by atoms with E-state index in [0.29, 0.717) is 13.1 Å². The molecule has 0 amide bonds. The molecule has 2 rings (SSSR count). The first kappa shape index (κ1) is 22.1. The second-order valence-electron chi connectivity index (χ2n) is 8.68. The van der Waals surface area contributed by atoms with Gasteiger partial charge in [0.2, 0.25) is 10.0 Å². The summed E-state index contributed by atoms with van der Waals surface area (Å²) in [5, 5.41) is 10.4. The molecule has 0 radical (unpaired) electrons. The highest BCUT2D eigenvalue weighted by molar-refractivity contribution is 7.88. The van der Waals surface area contributed by atoms with Crippen LogP contribution >= 0.6 is 0 Å². The Balaban J connectivity index is 1.84. The number of benzene rings is 1. The zero-order valence-corrected chi connectivity index (χ0v) is 18.0. The van der Waals surface area contributed by atoms with Crippen LogP contribution < -0.4 is 9.46 Å². The van der Waals surface area contributed by atoms with Gasteiger partial charge in [-0.2, -0.15) is 0 Å². The molecular formula is C20H34N2O4S. The summed E-state index contributed by atoms with van der Waals surface area (Å²) in [5.41, 5.74) is 2.41. The van der Waals surface area contributed by atoms with Crippen LogP contribution in [0.15, 0.2) is 18.2 Å². The topological polar surface area (TPSA) is 78.9 Å². The van der Waals surface area contributed by atoms with Crippen LogP contribution in [0.4, 0.5) is 0 Å². The fraction of sp³-hybridized carbons (Fsp3) is 0.700. The number of hydrogen-bond donors (Lipinski definition) is 2. The van der Waals surface area contributed by atoms with E-state index in [0.717, 1.165) is 30.7 Å². The van der Waals surface area contributed by atoms with Crippen LogP contribution in [-0.2, 0) is 15.4 Å². The summed E-state index contributed by atoms with van der Waals surface area (Å²) in [6, 6.07) is 6.08. The molecule has 0 bridgehead atoms.